The summed E-state index contributed by atoms with van der Waals surface area (Å²) in [5.41, 5.74) is 0.218. The van der Waals surface area contributed by atoms with Gasteiger partial charge in [-0.1, -0.05) is 0 Å². The topological polar surface area (TPSA) is 62.9 Å². The van der Waals surface area contributed by atoms with E-state index in [2.05, 4.69) is 4.90 Å². The molecule has 1 aromatic rings. The second kappa shape index (κ2) is 6.02. The normalized spacial score (nSPS) is 21.1. The summed E-state index contributed by atoms with van der Waals surface area (Å²) in [5.74, 6) is 0.337. The summed E-state index contributed by atoms with van der Waals surface area (Å²) in [7, 11) is 1.73. The molecule has 2 heterocycles. The van der Waals surface area contributed by atoms with Crippen molar-refractivity contribution in [3.05, 3.63) is 23.7 Å². The molecule has 1 atom stereocenters. The van der Waals surface area contributed by atoms with Crippen LogP contribution in [0.25, 0.3) is 0 Å². The number of carboxylic acids is 1. The van der Waals surface area contributed by atoms with Crippen LogP contribution in [-0.4, -0.2) is 42.8 Å². The van der Waals surface area contributed by atoms with E-state index in [9.17, 15) is 4.79 Å². The third-order valence-electron chi connectivity index (χ3n) is 3.29. The number of rotatable bonds is 5. The Bertz CT molecular complexity index is 399. The van der Waals surface area contributed by atoms with Gasteiger partial charge in [-0.05, 0) is 31.4 Å². The first-order valence-corrected chi connectivity index (χ1v) is 6.21. The predicted octanol–water partition coefficient (Wildman–Crippen LogP) is 1.84. The van der Waals surface area contributed by atoms with Gasteiger partial charge in [0, 0.05) is 13.7 Å². The number of ether oxygens (including phenoxy) is 1. The van der Waals surface area contributed by atoms with E-state index in [4.69, 9.17) is 14.3 Å². The first kappa shape index (κ1) is 13.1. The first-order valence-electron chi connectivity index (χ1n) is 6.21. The molecule has 0 radical (unpaired) electrons. The average molecular weight is 253 g/mol. The van der Waals surface area contributed by atoms with Gasteiger partial charge in [-0.3, -0.25) is 4.90 Å². The lowest BCUT2D eigenvalue weighted by molar-refractivity contribution is 0.0696. The van der Waals surface area contributed by atoms with Crippen molar-refractivity contribution in [1.29, 1.82) is 0 Å². The quantitative estimate of drug-likeness (QED) is 0.867. The van der Waals surface area contributed by atoms with Crippen LogP contribution in [0.3, 0.4) is 0 Å². The number of aromatic carboxylic acids is 1. The summed E-state index contributed by atoms with van der Waals surface area (Å²) in [6.45, 7) is 3.47. The van der Waals surface area contributed by atoms with Gasteiger partial charge in [-0.25, -0.2) is 4.79 Å². The number of furan rings is 1. The van der Waals surface area contributed by atoms with E-state index in [1.54, 1.807) is 13.2 Å². The van der Waals surface area contributed by atoms with Gasteiger partial charge in [0.25, 0.3) is 0 Å². The molecule has 0 amide bonds. The Balaban J connectivity index is 1.89. The summed E-state index contributed by atoms with van der Waals surface area (Å²) >= 11 is 0. The Morgan fingerprint density at radius 1 is 1.67 bits per heavy atom. The smallest absolute Gasteiger partial charge is 0.338 e. The Labute approximate surface area is 106 Å². The summed E-state index contributed by atoms with van der Waals surface area (Å²) in [6, 6.07) is 1.60. The number of likely N-dealkylation sites (tertiary alicyclic amines) is 1. The second-order valence-electron chi connectivity index (χ2n) is 4.81. The van der Waals surface area contributed by atoms with Crippen molar-refractivity contribution in [1.82, 2.24) is 4.90 Å². The van der Waals surface area contributed by atoms with E-state index in [0.717, 1.165) is 26.1 Å². The van der Waals surface area contributed by atoms with E-state index in [1.807, 2.05) is 0 Å². The summed E-state index contributed by atoms with van der Waals surface area (Å²) in [4.78, 5) is 13.0. The largest absolute Gasteiger partial charge is 0.478 e. The molecule has 0 bridgehead atoms. The van der Waals surface area contributed by atoms with Crippen molar-refractivity contribution in [2.45, 2.75) is 19.4 Å². The maximum Gasteiger partial charge on any atom is 0.338 e. The first-order chi connectivity index (χ1) is 8.69. The molecule has 1 saturated heterocycles. The van der Waals surface area contributed by atoms with Crippen LogP contribution in [0.2, 0.25) is 0 Å². The van der Waals surface area contributed by atoms with E-state index < -0.39 is 5.97 Å². The van der Waals surface area contributed by atoms with Gasteiger partial charge in [0.2, 0.25) is 0 Å². The van der Waals surface area contributed by atoms with Crippen LogP contribution in [-0.2, 0) is 11.3 Å². The van der Waals surface area contributed by atoms with Crippen molar-refractivity contribution in [3.8, 4) is 0 Å². The molecule has 1 aliphatic rings. The standard InChI is InChI=1S/C13H19NO4/c1-17-8-10-3-2-4-14(6-10)7-12-5-11(9-18-12)13(15)16/h5,9-10H,2-4,6-8H2,1H3,(H,15,16). The molecular weight excluding hydrogens is 234 g/mol. The van der Waals surface area contributed by atoms with Crippen LogP contribution in [0.1, 0.15) is 29.0 Å². The van der Waals surface area contributed by atoms with Crippen LogP contribution in [0.5, 0.6) is 0 Å². The average Bonchev–Trinajstić information content (AvgIpc) is 2.78. The maximum absolute atomic E-state index is 10.8. The maximum atomic E-state index is 10.8. The van der Waals surface area contributed by atoms with Gasteiger partial charge in [-0.2, -0.15) is 0 Å². The third-order valence-corrected chi connectivity index (χ3v) is 3.29. The van der Waals surface area contributed by atoms with Crippen molar-refractivity contribution in [2.24, 2.45) is 5.92 Å². The fourth-order valence-electron chi connectivity index (χ4n) is 2.46. The van der Waals surface area contributed by atoms with Gasteiger partial charge in [0.1, 0.15) is 12.0 Å². The van der Waals surface area contributed by atoms with Gasteiger partial charge in [0.05, 0.1) is 18.7 Å². The van der Waals surface area contributed by atoms with Crippen LogP contribution in [0, 0.1) is 5.92 Å². The van der Waals surface area contributed by atoms with Crippen LogP contribution in [0.4, 0.5) is 0 Å². The molecule has 18 heavy (non-hydrogen) atoms. The number of hydrogen-bond acceptors (Lipinski definition) is 4. The highest BCUT2D eigenvalue weighted by Gasteiger charge is 2.21. The molecule has 0 saturated carbocycles. The minimum atomic E-state index is -0.944. The van der Waals surface area contributed by atoms with E-state index in [1.165, 1.54) is 12.7 Å². The molecule has 1 aliphatic heterocycles. The predicted molar refractivity (Wildman–Crippen MR) is 65.5 cm³/mol. The third kappa shape index (κ3) is 3.34. The molecule has 1 N–H and O–H groups in total. The number of nitrogens with zero attached hydrogens (tertiary/aromatic N) is 1. The van der Waals surface area contributed by atoms with E-state index in [0.29, 0.717) is 18.2 Å². The number of methoxy groups -OCH3 is 1. The molecule has 0 aromatic carbocycles. The van der Waals surface area contributed by atoms with E-state index in [-0.39, 0.29) is 5.56 Å². The SMILES string of the molecule is COCC1CCCN(Cc2cc(C(=O)O)co2)C1. The number of carbonyl (C=O) groups is 1. The van der Waals surface area contributed by atoms with Crippen LogP contribution >= 0.6 is 0 Å². The zero-order valence-electron chi connectivity index (χ0n) is 10.6. The Morgan fingerprint density at radius 3 is 3.17 bits per heavy atom. The highest BCUT2D eigenvalue weighted by molar-refractivity contribution is 5.87. The molecule has 5 heteroatoms. The zero-order valence-corrected chi connectivity index (χ0v) is 10.6. The number of piperidine rings is 1. The molecule has 0 aliphatic carbocycles. The van der Waals surface area contributed by atoms with Crippen molar-refractivity contribution in [3.63, 3.8) is 0 Å². The summed E-state index contributed by atoms with van der Waals surface area (Å²) in [6.07, 6.45) is 3.65. The lowest BCUT2D eigenvalue weighted by Gasteiger charge is -2.31. The molecule has 0 spiro atoms. The Kier molecular flexibility index (Phi) is 4.38. The molecule has 1 aromatic heterocycles. The van der Waals surface area contributed by atoms with Gasteiger partial charge in [-0.15, -0.1) is 0 Å². The number of carboxylic acid groups (broad SMARTS) is 1. The fraction of sp³-hybridized carbons (Fsp3) is 0.615. The summed E-state index contributed by atoms with van der Waals surface area (Å²) in [5, 5.41) is 8.83. The van der Waals surface area contributed by atoms with Crippen molar-refractivity contribution >= 4 is 5.97 Å². The monoisotopic (exact) mass is 253 g/mol. The lowest BCUT2D eigenvalue weighted by Crippen LogP contribution is -2.36. The Morgan fingerprint density at radius 2 is 2.50 bits per heavy atom. The lowest BCUT2D eigenvalue weighted by atomic mass is 9.99. The highest BCUT2D eigenvalue weighted by Crippen LogP contribution is 2.19. The Hall–Kier alpha value is -1.33. The second-order valence-corrected chi connectivity index (χ2v) is 4.81. The molecular formula is C13H19NO4. The van der Waals surface area contributed by atoms with Crippen LogP contribution < -0.4 is 0 Å². The van der Waals surface area contributed by atoms with Crippen molar-refractivity contribution in [2.75, 3.05) is 26.8 Å². The molecule has 2 rings (SSSR count). The molecule has 5 nitrogen and oxygen atoms in total. The van der Waals surface area contributed by atoms with E-state index >= 15 is 0 Å². The fourth-order valence-corrected chi connectivity index (χ4v) is 2.46. The van der Waals surface area contributed by atoms with Gasteiger partial charge in [0.15, 0.2) is 0 Å². The van der Waals surface area contributed by atoms with Crippen molar-refractivity contribution < 1.29 is 19.1 Å². The molecule has 1 unspecified atom stereocenters. The number of hydrogen-bond donors (Lipinski definition) is 1. The molecule has 1 fully saturated rings. The van der Waals surface area contributed by atoms with Crippen LogP contribution in [0.15, 0.2) is 16.7 Å². The minimum absolute atomic E-state index is 0.218. The summed E-state index contributed by atoms with van der Waals surface area (Å²) < 4.78 is 10.5. The highest BCUT2D eigenvalue weighted by atomic mass is 16.5. The minimum Gasteiger partial charge on any atom is -0.478 e. The molecule has 100 valence electrons. The zero-order chi connectivity index (χ0) is 13.0. The van der Waals surface area contributed by atoms with Gasteiger partial charge >= 0.3 is 5.97 Å². The van der Waals surface area contributed by atoms with Gasteiger partial charge < -0.3 is 14.3 Å².